The maximum Gasteiger partial charge on any atom is 0.137 e. The fourth-order valence-electron chi connectivity index (χ4n) is 3.04. The van der Waals surface area contributed by atoms with Gasteiger partial charge in [0.05, 0.1) is 13.2 Å². The van der Waals surface area contributed by atoms with E-state index in [0.29, 0.717) is 17.6 Å². The molecular formula is C13H23NO2. The van der Waals surface area contributed by atoms with Gasteiger partial charge < -0.3 is 4.74 Å². The third kappa shape index (κ3) is 2.83. The Hall–Kier alpha value is -0.410. The lowest BCUT2D eigenvalue weighted by molar-refractivity contribution is -0.129. The van der Waals surface area contributed by atoms with Crippen molar-refractivity contribution in [3.8, 4) is 0 Å². The van der Waals surface area contributed by atoms with E-state index in [2.05, 4.69) is 18.7 Å². The van der Waals surface area contributed by atoms with Crippen molar-refractivity contribution >= 4 is 5.78 Å². The Labute approximate surface area is 98.1 Å². The van der Waals surface area contributed by atoms with E-state index >= 15 is 0 Å². The van der Waals surface area contributed by atoms with Crippen LogP contribution in [0.25, 0.3) is 0 Å². The van der Waals surface area contributed by atoms with Crippen molar-refractivity contribution in [2.75, 3.05) is 32.8 Å². The molecule has 1 saturated heterocycles. The molecule has 0 amide bonds. The topological polar surface area (TPSA) is 29.5 Å². The van der Waals surface area contributed by atoms with Gasteiger partial charge in [-0.3, -0.25) is 9.69 Å². The lowest BCUT2D eigenvalue weighted by atomic mass is 9.74. The zero-order chi connectivity index (χ0) is 11.5. The number of ether oxygens (including phenoxy) is 1. The second-order valence-corrected chi connectivity index (χ2v) is 5.51. The molecule has 0 N–H and O–H groups in total. The molecule has 1 aliphatic heterocycles. The molecule has 1 saturated carbocycles. The summed E-state index contributed by atoms with van der Waals surface area (Å²) in [5.74, 6) is 1.90. The second-order valence-electron chi connectivity index (χ2n) is 5.51. The van der Waals surface area contributed by atoms with E-state index in [9.17, 15) is 4.79 Å². The number of Topliss-reactive ketones (excluding diaryl/α,β-unsaturated/α-hetero) is 1. The van der Waals surface area contributed by atoms with Crippen molar-refractivity contribution in [2.24, 2.45) is 17.8 Å². The minimum atomic E-state index is 0.272. The van der Waals surface area contributed by atoms with Gasteiger partial charge in [0.2, 0.25) is 0 Å². The number of morpholine rings is 1. The summed E-state index contributed by atoms with van der Waals surface area (Å²) in [6.07, 6.45) is 2.00. The number of nitrogens with zero attached hydrogens (tertiary/aromatic N) is 1. The second kappa shape index (κ2) is 5.28. The van der Waals surface area contributed by atoms with Crippen LogP contribution in [-0.2, 0) is 9.53 Å². The van der Waals surface area contributed by atoms with Gasteiger partial charge in [-0.1, -0.05) is 13.8 Å². The van der Waals surface area contributed by atoms with Crippen LogP contribution in [0.1, 0.15) is 26.7 Å². The number of hydrogen-bond acceptors (Lipinski definition) is 3. The molecule has 1 aliphatic carbocycles. The van der Waals surface area contributed by atoms with Gasteiger partial charge in [-0.25, -0.2) is 0 Å². The molecule has 1 heterocycles. The number of ketones is 1. The highest BCUT2D eigenvalue weighted by atomic mass is 16.5. The van der Waals surface area contributed by atoms with Crippen LogP contribution in [0, 0.1) is 17.8 Å². The van der Waals surface area contributed by atoms with Crippen molar-refractivity contribution in [3.05, 3.63) is 0 Å². The van der Waals surface area contributed by atoms with Crippen LogP contribution >= 0.6 is 0 Å². The summed E-state index contributed by atoms with van der Waals surface area (Å²) in [7, 11) is 0. The van der Waals surface area contributed by atoms with E-state index in [1.54, 1.807) is 0 Å². The first-order chi connectivity index (χ1) is 7.66. The molecule has 0 aromatic rings. The smallest absolute Gasteiger partial charge is 0.137 e. The van der Waals surface area contributed by atoms with Gasteiger partial charge in [-0.2, -0.15) is 0 Å². The SMILES string of the molecule is CC1CC(=O)C(CN2CCOCC2)C(C)C1. The number of carbonyl (C=O) groups is 1. The van der Waals surface area contributed by atoms with Crippen LogP contribution in [0.2, 0.25) is 0 Å². The van der Waals surface area contributed by atoms with Gasteiger partial charge in [0.25, 0.3) is 0 Å². The molecule has 0 bridgehead atoms. The molecule has 3 atom stereocenters. The lowest BCUT2D eigenvalue weighted by Gasteiger charge is -2.36. The van der Waals surface area contributed by atoms with Crippen LogP contribution in [0.4, 0.5) is 0 Å². The molecule has 2 rings (SSSR count). The maximum absolute atomic E-state index is 12.0. The highest BCUT2D eigenvalue weighted by Gasteiger charge is 2.33. The molecule has 0 radical (unpaired) electrons. The predicted octanol–water partition coefficient (Wildman–Crippen LogP) is 1.57. The standard InChI is InChI=1S/C13H23NO2/c1-10-7-11(2)12(13(15)8-10)9-14-3-5-16-6-4-14/h10-12H,3-9H2,1-2H3. The molecule has 2 aliphatic rings. The predicted molar refractivity (Wildman–Crippen MR) is 63.3 cm³/mol. The number of rotatable bonds is 2. The van der Waals surface area contributed by atoms with Crippen molar-refractivity contribution in [3.63, 3.8) is 0 Å². The zero-order valence-electron chi connectivity index (χ0n) is 10.4. The highest BCUT2D eigenvalue weighted by molar-refractivity contribution is 5.82. The third-order valence-electron chi connectivity index (χ3n) is 3.98. The first-order valence-corrected chi connectivity index (χ1v) is 6.49. The van der Waals surface area contributed by atoms with Crippen molar-refractivity contribution < 1.29 is 9.53 Å². The van der Waals surface area contributed by atoms with E-state index < -0.39 is 0 Å². The minimum Gasteiger partial charge on any atom is -0.379 e. The molecule has 92 valence electrons. The Morgan fingerprint density at radius 1 is 1.31 bits per heavy atom. The Balaban J connectivity index is 1.89. The number of carbonyl (C=O) groups excluding carboxylic acids is 1. The van der Waals surface area contributed by atoms with E-state index in [4.69, 9.17) is 4.74 Å². The normalized spacial score (nSPS) is 37.6. The molecule has 3 unspecified atom stereocenters. The Morgan fingerprint density at radius 2 is 2.00 bits per heavy atom. The fourth-order valence-corrected chi connectivity index (χ4v) is 3.04. The molecule has 2 fully saturated rings. The summed E-state index contributed by atoms with van der Waals surface area (Å²) in [5, 5.41) is 0. The molecule has 3 nitrogen and oxygen atoms in total. The number of hydrogen-bond donors (Lipinski definition) is 0. The summed E-state index contributed by atoms with van der Waals surface area (Å²) >= 11 is 0. The van der Waals surface area contributed by atoms with E-state index in [1.807, 2.05) is 0 Å². The van der Waals surface area contributed by atoms with Crippen LogP contribution < -0.4 is 0 Å². The van der Waals surface area contributed by atoms with Gasteiger partial charge >= 0.3 is 0 Å². The van der Waals surface area contributed by atoms with E-state index in [-0.39, 0.29) is 5.92 Å². The van der Waals surface area contributed by atoms with Gasteiger partial charge in [0.15, 0.2) is 0 Å². The largest absolute Gasteiger partial charge is 0.379 e. The van der Waals surface area contributed by atoms with Gasteiger partial charge in [-0.05, 0) is 18.3 Å². The quantitative estimate of drug-likeness (QED) is 0.714. The van der Waals surface area contributed by atoms with Crippen LogP contribution in [0.3, 0.4) is 0 Å². The van der Waals surface area contributed by atoms with Crippen LogP contribution in [-0.4, -0.2) is 43.5 Å². The molecular weight excluding hydrogens is 202 g/mol. The third-order valence-corrected chi connectivity index (χ3v) is 3.98. The lowest BCUT2D eigenvalue weighted by Crippen LogP contribution is -2.44. The highest BCUT2D eigenvalue weighted by Crippen LogP contribution is 2.31. The summed E-state index contributed by atoms with van der Waals surface area (Å²) in [6.45, 7) is 9.02. The molecule has 0 spiro atoms. The monoisotopic (exact) mass is 225 g/mol. The summed E-state index contributed by atoms with van der Waals surface area (Å²) in [6, 6.07) is 0. The Bertz CT molecular complexity index is 248. The van der Waals surface area contributed by atoms with Crippen LogP contribution in [0.5, 0.6) is 0 Å². The van der Waals surface area contributed by atoms with Gasteiger partial charge in [-0.15, -0.1) is 0 Å². The van der Waals surface area contributed by atoms with Crippen molar-refractivity contribution in [1.29, 1.82) is 0 Å². The Kier molecular flexibility index (Phi) is 3.98. The molecule has 0 aromatic heterocycles. The maximum atomic E-state index is 12.0. The summed E-state index contributed by atoms with van der Waals surface area (Å²) in [4.78, 5) is 14.4. The first kappa shape index (κ1) is 12.1. The van der Waals surface area contributed by atoms with Gasteiger partial charge in [0.1, 0.15) is 5.78 Å². The Morgan fingerprint density at radius 3 is 2.62 bits per heavy atom. The molecule has 0 aromatic carbocycles. The first-order valence-electron chi connectivity index (χ1n) is 6.49. The average Bonchev–Trinajstić information content (AvgIpc) is 2.25. The zero-order valence-corrected chi connectivity index (χ0v) is 10.4. The van der Waals surface area contributed by atoms with Gasteiger partial charge in [0, 0.05) is 32.0 Å². The summed E-state index contributed by atoms with van der Waals surface area (Å²) < 4.78 is 5.33. The van der Waals surface area contributed by atoms with E-state index in [0.717, 1.165) is 39.3 Å². The van der Waals surface area contributed by atoms with Crippen molar-refractivity contribution in [1.82, 2.24) is 4.90 Å². The average molecular weight is 225 g/mol. The van der Waals surface area contributed by atoms with Crippen molar-refractivity contribution in [2.45, 2.75) is 26.7 Å². The molecule has 3 heteroatoms. The summed E-state index contributed by atoms with van der Waals surface area (Å²) in [5.41, 5.74) is 0. The fraction of sp³-hybridized carbons (Fsp3) is 0.923. The van der Waals surface area contributed by atoms with Crippen LogP contribution in [0.15, 0.2) is 0 Å². The minimum absolute atomic E-state index is 0.272. The van der Waals surface area contributed by atoms with E-state index in [1.165, 1.54) is 6.42 Å². The molecule has 16 heavy (non-hydrogen) atoms.